The normalized spacial score (nSPS) is 13.5. The summed E-state index contributed by atoms with van der Waals surface area (Å²) >= 11 is 0. The van der Waals surface area contributed by atoms with E-state index in [1.165, 1.54) is 6.20 Å². The summed E-state index contributed by atoms with van der Waals surface area (Å²) in [4.78, 5) is 31.2. The number of nitrogens with zero attached hydrogens (tertiary/aromatic N) is 2. The SMILES string of the molecule is COc1ccc(-c2nc3cn2OC(=O)C(=O)O3)cc1. The molecule has 2 bridgehead atoms. The summed E-state index contributed by atoms with van der Waals surface area (Å²) in [7, 11) is 1.56. The predicted octanol–water partition coefficient (Wildman–Crippen LogP) is 0.433. The van der Waals surface area contributed by atoms with Crippen molar-refractivity contribution < 1.29 is 23.9 Å². The van der Waals surface area contributed by atoms with Crippen LogP contribution in [0.5, 0.6) is 11.6 Å². The van der Waals surface area contributed by atoms with Gasteiger partial charge in [-0.2, -0.15) is 9.71 Å². The molecule has 0 aliphatic carbocycles. The lowest BCUT2D eigenvalue weighted by Crippen LogP contribution is -2.30. The van der Waals surface area contributed by atoms with Crippen LogP contribution in [-0.2, 0) is 9.59 Å². The van der Waals surface area contributed by atoms with E-state index in [1.54, 1.807) is 31.4 Å². The van der Waals surface area contributed by atoms with Gasteiger partial charge >= 0.3 is 11.9 Å². The number of fused-ring (bicyclic) bond motifs is 2. The molecule has 0 N–H and O–H groups in total. The fraction of sp³-hybridized carbons (Fsp3) is 0.0833. The van der Waals surface area contributed by atoms with Gasteiger partial charge in [0, 0.05) is 5.56 Å². The van der Waals surface area contributed by atoms with Crippen LogP contribution in [0.3, 0.4) is 0 Å². The maximum Gasteiger partial charge on any atom is 0.442 e. The van der Waals surface area contributed by atoms with Crippen molar-refractivity contribution in [3.8, 4) is 23.0 Å². The molecule has 7 nitrogen and oxygen atoms in total. The maximum absolute atomic E-state index is 11.2. The van der Waals surface area contributed by atoms with Crippen LogP contribution < -0.4 is 14.3 Å². The van der Waals surface area contributed by atoms with Crippen LogP contribution in [0.25, 0.3) is 11.4 Å². The zero-order valence-electron chi connectivity index (χ0n) is 9.82. The molecule has 0 atom stereocenters. The minimum absolute atomic E-state index is 0.0154. The summed E-state index contributed by atoms with van der Waals surface area (Å²) in [6.45, 7) is 0. The quantitative estimate of drug-likeness (QED) is 0.575. The Bertz CT molecular complexity index is 659. The second kappa shape index (κ2) is 4.13. The molecule has 0 unspecified atom stereocenters. The van der Waals surface area contributed by atoms with Crippen molar-refractivity contribution in [1.29, 1.82) is 0 Å². The molecule has 3 rings (SSSR count). The van der Waals surface area contributed by atoms with Gasteiger partial charge in [0.1, 0.15) is 11.9 Å². The molecule has 0 saturated heterocycles. The van der Waals surface area contributed by atoms with Gasteiger partial charge in [0.05, 0.1) is 7.11 Å². The first-order chi connectivity index (χ1) is 9.17. The molecule has 0 radical (unpaired) electrons. The Labute approximate surface area is 107 Å². The van der Waals surface area contributed by atoms with Crippen LogP contribution in [0.1, 0.15) is 0 Å². The van der Waals surface area contributed by atoms with Crippen LogP contribution in [0.4, 0.5) is 0 Å². The van der Waals surface area contributed by atoms with E-state index in [2.05, 4.69) is 4.98 Å². The molecule has 19 heavy (non-hydrogen) atoms. The molecule has 2 heterocycles. The van der Waals surface area contributed by atoms with Crippen LogP contribution in [0, 0.1) is 0 Å². The van der Waals surface area contributed by atoms with Gasteiger partial charge in [-0.1, -0.05) is 0 Å². The number of methoxy groups -OCH3 is 1. The molecule has 7 heteroatoms. The lowest BCUT2D eigenvalue weighted by molar-refractivity contribution is -0.161. The molecule has 2 aromatic rings. The van der Waals surface area contributed by atoms with Crippen LogP contribution in [0.2, 0.25) is 0 Å². The van der Waals surface area contributed by atoms with E-state index in [9.17, 15) is 9.59 Å². The third kappa shape index (κ3) is 1.90. The Kier molecular flexibility index (Phi) is 2.45. The highest BCUT2D eigenvalue weighted by Gasteiger charge is 2.28. The lowest BCUT2D eigenvalue weighted by atomic mass is 10.2. The minimum Gasteiger partial charge on any atom is -0.497 e. The first-order valence-electron chi connectivity index (χ1n) is 5.35. The zero-order chi connectivity index (χ0) is 13.4. The highest BCUT2D eigenvalue weighted by Crippen LogP contribution is 2.25. The number of carbonyl (C=O) groups excluding carboxylic acids is 2. The Morgan fingerprint density at radius 2 is 1.89 bits per heavy atom. The fourth-order valence-electron chi connectivity index (χ4n) is 1.66. The van der Waals surface area contributed by atoms with Gasteiger partial charge < -0.3 is 14.3 Å². The van der Waals surface area contributed by atoms with E-state index in [0.717, 1.165) is 4.73 Å². The molecule has 0 fully saturated rings. The largest absolute Gasteiger partial charge is 0.497 e. The van der Waals surface area contributed by atoms with Gasteiger partial charge in [-0.25, -0.2) is 9.59 Å². The molecule has 96 valence electrons. The Morgan fingerprint density at radius 3 is 2.58 bits per heavy atom. The highest BCUT2D eigenvalue weighted by atomic mass is 16.7. The number of rotatable bonds is 2. The van der Waals surface area contributed by atoms with Gasteiger partial charge in [-0.05, 0) is 24.3 Å². The van der Waals surface area contributed by atoms with E-state index in [0.29, 0.717) is 17.1 Å². The molecule has 1 aliphatic heterocycles. The number of imidazole rings is 1. The molecule has 0 spiro atoms. The van der Waals surface area contributed by atoms with Crippen molar-refractivity contribution in [2.75, 3.05) is 7.11 Å². The van der Waals surface area contributed by atoms with Gasteiger partial charge in [-0.15, -0.1) is 0 Å². The number of aromatic nitrogens is 2. The van der Waals surface area contributed by atoms with E-state index in [-0.39, 0.29) is 5.88 Å². The Morgan fingerprint density at radius 1 is 1.16 bits per heavy atom. The van der Waals surface area contributed by atoms with E-state index < -0.39 is 11.9 Å². The van der Waals surface area contributed by atoms with Crippen LogP contribution >= 0.6 is 0 Å². The third-order valence-corrected chi connectivity index (χ3v) is 2.55. The summed E-state index contributed by atoms with van der Waals surface area (Å²) in [6, 6.07) is 6.98. The standard InChI is InChI=1S/C12H8N2O5/c1-17-8-4-2-7(3-5-8)10-13-9-6-14(10)19-12(16)11(15)18-9/h2-6H,1H3. The predicted molar refractivity (Wildman–Crippen MR) is 61.4 cm³/mol. The number of esters is 1. The Hall–Kier alpha value is -2.83. The lowest BCUT2D eigenvalue weighted by Gasteiger charge is -2.07. The van der Waals surface area contributed by atoms with Gasteiger partial charge in [0.2, 0.25) is 5.88 Å². The van der Waals surface area contributed by atoms with Crippen LogP contribution in [0.15, 0.2) is 30.5 Å². The van der Waals surface area contributed by atoms with Gasteiger partial charge in [0.25, 0.3) is 0 Å². The number of hydrogen-bond donors (Lipinski definition) is 0. The summed E-state index contributed by atoms with van der Waals surface area (Å²) < 4.78 is 10.9. The first-order valence-corrected chi connectivity index (χ1v) is 5.35. The molecule has 0 saturated carbocycles. The fourth-order valence-corrected chi connectivity index (χ4v) is 1.66. The zero-order valence-corrected chi connectivity index (χ0v) is 9.82. The van der Waals surface area contributed by atoms with Crippen molar-refractivity contribution >= 4 is 11.9 Å². The highest BCUT2D eigenvalue weighted by molar-refractivity contribution is 6.30. The summed E-state index contributed by atoms with van der Waals surface area (Å²) in [6.07, 6.45) is 1.32. The number of hydrogen-bond acceptors (Lipinski definition) is 6. The number of ether oxygens (including phenoxy) is 2. The molecule has 1 aliphatic rings. The van der Waals surface area contributed by atoms with Gasteiger partial charge in [0.15, 0.2) is 5.82 Å². The first kappa shape index (κ1) is 11.3. The van der Waals surface area contributed by atoms with Crippen molar-refractivity contribution in [2.45, 2.75) is 0 Å². The number of benzene rings is 1. The summed E-state index contributed by atoms with van der Waals surface area (Å²) in [5, 5.41) is 0. The van der Waals surface area contributed by atoms with Crippen molar-refractivity contribution in [3.05, 3.63) is 30.5 Å². The maximum atomic E-state index is 11.2. The molecule has 1 aromatic carbocycles. The van der Waals surface area contributed by atoms with Crippen LogP contribution in [-0.4, -0.2) is 28.8 Å². The molecule has 1 aromatic heterocycles. The van der Waals surface area contributed by atoms with E-state index in [4.69, 9.17) is 14.3 Å². The van der Waals surface area contributed by atoms with Crippen molar-refractivity contribution in [1.82, 2.24) is 9.71 Å². The smallest absolute Gasteiger partial charge is 0.442 e. The van der Waals surface area contributed by atoms with Crippen molar-refractivity contribution in [2.24, 2.45) is 0 Å². The topological polar surface area (TPSA) is 79.7 Å². The second-order valence-corrected chi connectivity index (χ2v) is 3.73. The van der Waals surface area contributed by atoms with Gasteiger partial charge in [-0.3, -0.25) is 0 Å². The Balaban J connectivity index is 2.02. The summed E-state index contributed by atoms with van der Waals surface area (Å²) in [5.74, 6) is -1.11. The van der Waals surface area contributed by atoms with E-state index in [1.807, 2.05) is 0 Å². The minimum atomic E-state index is -1.09. The average molecular weight is 260 g/mol. The average Bonchev–Trinajstić information content (AvgIpc) is 2.74. The number of carbonyl (C=O) groups is 2. The molecular formula is C12H8N2O5. The molecular weight excluding hydrogens is 252 g/mol. The monoisotopic (exact) mass is 260 g/mol. The summed E-state index contributed by atoms with van der Waals surface area (Å²) in [5.41, 5.74) is 0.692. The van der Waals surface area contributed by atoms with Crippen molar-refractivity contribution in [3.63, 3.8) is 0 Å². The third-order valence-electron chi connectivity index (χ3n) is 2.55. The molecule has 0 amide bonds. The second-order valence-electron chi connectivity index (χ2n) is 3.73. The van der Waals surface area contributed by atoms with E-state index >= 15 is 0 Å².